The topological polar surface area (TPSA) is 29.0 Å². The van der Waals surface area contributed by atoms with Gasteiger partial charge in [0.05, 0.1) is 0 Å². The first-order valence-corrected chi connectivity index (χ1v) is 5.53. The van der Waals surface area contributed by atoms with Crippen molar-refractivity contribution in [3.8, 4) is 0 Å². The van der Waals surface area contributed by atoms with Crippen LogP contribution in [0, 0.1) is 0 Å². The summed E-state index contributed by atoms with van der Waals surface area (Å²) in [6.45, 7) is 2.37. The number of hydrogen-bond donors (Lipinski definition) is 0. The molecule has 0 bridgehead atoms. The average molecular weight is 189 g/mol. The Bertz CT molecular complexity index is 344. The minimum absolute atomic E-state index is 1.15. The highest BCUT2D eigenvalue weighted by atomic mass is 15.2. The Kier molecular flexibility index (Phi) is 1.89. The van der Waals surface area contributed by atoms with Gasteiger partial charge >= 0.3 is 0 Å². The number of aromatic nitrogens is 2. The van der Waals surface area contributed by atoms with Crippen LogP contribution in [-0.4, -0.2) is 23.1 Å². The van der Waals surface area contributed by atoms with Gasteiger partial charge in [0.2, 0.25) is 0 Å². The Hall–Kier alpha value is -1.12. The second kappa shape index (κ2) is 3.23. The van der Waals surface area contributed by atoms with Crippen molar-refractivity contribution in [3.63, 3.8) is 0 Å². The van der Waals surface area contributed by atoms with Crippen LogP contribution in [-0.2, 0) is 12.8 Å². The van der Waals surface area contributed by atoms with E-state index in [1.807, 2.05) is 0 Å². The van der Waals surface area contributed by atoms with E-state index in [0.29, 0.717) is 0 Å². The van der Waals surface area contributed by atoms with Gasteiger partial charge in [-0.15, -0.1) is 0 Å². The fourth-order valence-electron chi connectivity index (χ4n) is 2.30. The van der Waals surface area contributed by atoms with E-state index in [-0.39, 0.29) is 0 Å². The second-order valence-electron chi connectivity index (χ2n) is 4.17. The number of rotatable bonds is 1. The van der Waals surface area contributed by atoms with Gasteiger partial charge in [-0.3, -0.25) is 0 Å². The van der Waals surface area contributed by atoms with Crippen LogP contribution in [0.2, 0.25) is 0 Å². The third-order valence-electron chi connectivity index (χ3n) is 3.26. The molecule has 0 unspecified atom stereocenters. The molecule has 1 fully saturated rings. The second-order valence-corrected chi connectivity index (χ2v) is 4.17. The van der Waals surface area contributed by atoms with Gasteiger partial charge in [-0.2, -0.15) is 0 Å². The van der Waals surface area contributed by atoms with E-state index in [9.17, 15) is 0 Å². The predicted octanol–water partition coefficient (Wildman–Crippen LogP) is 1.57. The summed E-state index contributed by atoms with van der Waals surface area (Å²) in [5, 5.41) is 0. The van der Waals surface area contributed by atoms with Crippen LogP contribution >= 0.6 is 0 Å². The van der Waals surface area contributed by atoms with E-state index in [1.54, 1.807) is 6.33 Å². The van der Waals surface area contributed by atoms with Crippen LogP contribution in [0.3, 0.4) is 0 Å². The molecule has 0 N–H and O–H groups in total. The lowest BCUT2D eigenvalue weighted by Gasteiger charge is -2.34. The van der Waals surface area contributed by atoms with Crippen molar-refractivity contribution in [2.45, 2.75) is 32.1 Å². The van der Waals surface area contributed by atoms with Crippen LogP contribution in [0.5, 0.6) is 0 Å². The lowest BCUT2D eigenvalue weighted by atomic mass is 9.95. The first-order chi connectivity index (χ1) is 6.95. The van der Waals surface area contributed by atoms with Crippen molar-refractivity contribution in [1.82, 2.24) is 9.97 Å². The first kappa shape index (κ1) is 8.21. The van der Waals surface area contributed by atoms with Crippen molar-refractivity contribution < 1.29 is 0 Å². The van der Waals surface area contributed by atoms with E-state index in [0.717, 1.165) is 6.42 Å². The standard InChI is InChI=1S/C11H15N3/c1-2-5-10-9(4-1)11(13-8-12-10)14-6-3-7-14/h8H,1-7H2. The monoisotopic (exact) mass is 189 g/mol. The molecule has 0 radical (unpaired) electrons. The third-order valence-corrected chi connectivity index (χ3v) is 3.26. The molecule has 0 amide bonds. The molecule has 3 heteroatoms. The minimum Gasteiger partial charge on any atom is -0.356 e. The zero-order chi connectivity index (χ0) is 9.38. The number of nitrogens with zero attached hydrogens (tertiary/aromatic N) is 3. The van der Waals surface area contributed by atoms with Crippen molar-refractivity contribution in [1.29, 1.82) is 0 Å². The molecule has 1 aliphatic heterocycles. The Balaban J connectivity index is 2.01. The van der Waals surface area contributed by atoms with Crippen LogP contribution < -0.4 is 4.90 Å². The summed E-state index contributed by atoms with van der Waals surface area (Å²) in [6, 6.07) is 0. The third kappa shape index (κ3) is 1.19. The summed E-state index contributed by atoms with van der Waals surface area (Å²) in [5.74, 6) is 1.22. The molecule has 14 heavy (non-hydrogen) atoms. The Labute approximate surface area is 84.2 Å². The molecule has 3 rings (SSSR count). The summed E-state index contributed by atoms with van der Waals surface area (Å²) >= 11 is 0. The van der Waals surface area contributed by atoms with Crippen molar-refractivity contribution in [2.24, 2.45) is 0 Å². The molecule has 2 aliphatic rings. The van der Waals surface area contributed by atoms with Crippen LogP contribution in [0.15, 0.2) is 6.33 Å². The number of anilines is 1. The summed E-state index contributed by atoms with van der Waals surface area (Å²) in [5.41, 5.74) is 2.73. The molecule has 1 aromatic rings. The van der Waals surface area contributed by atoms with Gasteiger partial charge in [0, 0.05) is 24.3 Å². The van der Waals surface area contributed by atoms with Gasteiger partial charge in [-0.25, -0.2) is 9.97 Å². The van der Waals surface area contributed by atoms with Gasteiger partial charge in [-0.05, 0) is 32.1 Å². The summed E-state index contributed by atoms with van der Waals surface area (Å²) < 4.78 is 0. The van der Waals surface area contributed by atoms with Gasteiger partial charge < -0.3 is 4.90 Å². The van der Waals surface area contributed by atoms with Crippen LogP contribution in [0.25, 0.3) is 0 Å². The predicted molar refractivity (Wildman–Crippen MR) is 55.5 cm³/mol. The maximum Gasteiger partial charge on any atom is 0.135 e. The molecule has 0 spiro atoms. The molecule has 3 nitrogen and oxygen atoms in total. The number of hydrogen-bond acceptors (Lipinski definition) is 3. The summed E-state index contributed by atoms with van der Waals surface area (Å²) in [4.78, 5) is 11.2. The van der Waals surface area contributed by atoms with Crippen LogP contribution in [0.1, 0.15) is 30.5 Å². The summed E-state index contributed by atoms with van der Waals surface area (Å²) in [7, 11) is 0. The highest BCUT2D eigenvalue weighted by Gasteiger charge is 2.22. The minimum atomic E-state index is 1.15. The van der Waals surface area contributed by atoms with E-state index in [1.165, 1.54) is 55.8 Å². The fraction of sp³-hybridized carbons (Fsp3) is 0.636. The van der Waals surface area contributed by atoms with Gasteiger partial charge in [0.25, 0.3) is 0 Å². The Morgan fingerprint density at radius 3 is 2.64 bits per heavy atom. The maximum atomic E-state index is 4.43. The van der Waals surface area contributed by atoms with E-state index in [2.05, 4.69) is 14.9 Å². The zero-order valence-corrected chi connectivity index (χ0v) is 8.37. The Morgan fingerprint density at radius 1 is 1.00 bits per heavy atom. The zero-order valence-electron chi connectivity index (χ0n) is 8.37. The van der Waals surface area contributed by atoms with Crippen molar-refractivity contribution in [2.75, 3.05) is 18.0 Å². The van der Waals surface area contributed by atoms with Gasteiger partial charge in [-0.1, -0.05) is 0 Å². The Morgan fingerprint density at radius 2 is 1.86 bits per heavy atom. The lowest BCUT2D eigenvalue weighted by molar-refractivity contribution is 0.591. The molecule has 0 saturated carbocycles. The molecule has 1 saturated heterocycles. The number of aryl methyl sites for hydroxylation is 1. The highest BCUT2D eigenvalue weighted by molar-refractivity contribution is 5.50. The summed E-state index contributed by atoms with van der Waals surface area (Å²) in [6.07, 6.45) is 7.99. The van der Waals surface area contributed by atoms with E-state index in [4.69, 9.17) is 0 Å². The smallest absolute Gasteiger partial charge is 0.135 e. The quantitative estimate of drug-likeness (QED) is 0.671. The molecule has 74 valence electrons. The highest BCUT2D eigenvalue weighted by Crippen LogP contribution is 2.29. The molecular formula is C11H15N3. The molecule has 1 aliphatic carbocycles. The molecule has 1 aromatic heterocycles. The van der Waals surface area contributed by atoms with Crippen molar-refractivity contribution in [3.05, 3.63) is 17.6 Å². The SMILES string of the molecule is c1nc2c(c(N3CCC3)n1)CCCC2. The van der Waals surface area contributed by atoms with E-state index < -0.39 is 0 Å². The molecule has 0 atom stereocenters. The normalized spacial score (nSPS) is 20.1. The van der Waals surface area contributed by atoms with Crippen LogP contribution in [0.4, 0.5) is 5.82 Å². The lowest BCUT2D eigenvalue weighted by Crippen LogP contribution is -2.38. The molecular weight excluding hydrogens is 174 g/mol. The number of fused-ring (bicyclic) bond motifs is 1. The molecule has 2 heterocycles. The fourth-order valence-corrected chi connectivity index (χ4v) is 2.30. The average Bonchev–Trinajstić information content (AvgIpc) is 2.16. The van der Waals surface area contributed by atoms with Gasteiger partial charge in [0.15, 0.2) is 0 Å². The van der Waals surface area contributed by atoms with E-state index >= 15 is 0 Å². The molecule has 0 aromatic carbocycles. The first-order valence-electron chi connectivity index (χ1n) is 5.53. The maximum absolute atomic E-state index is 4.43. The largest absolute Gasteiger partial charge is 0.356 e. The van der Waals surface area contributed by atoms with Crippen molar-refractivity contribution >= 4 is 5.82 Å². The van der Waals surface area contributed by atoms with Gasteiger partial charge in [0.1, 0.15) is 12.1 Å².